The topological polar surface area (TPSA) is 27.7 Å². The van der Waals surface area contributed by atoms with Gasteiger partial charge in [-0.1, -0.05) is 38.6 Å². The summed E-state index contributed by atoms with van der Waals surface area (Å²) in [5.41, 5.74) is 2.30. The Balaban J connectivity index is 1.77. The van der Waals surface area contributed by atoms with Crippen LogP contribution >= 0.6 is 0 Å². The van der Waals surface area contributed by atoms with Crippen molar-refractivity contribution in [3.63, 3.8) is 0 Å². The molecule has 1 aromatic carbocycles. The molecule has 0 saturated carbocycles. The van der Waals surface area contributed by atoms with Crippen LogP contribution in [-0.4, -0.2) is 25.6 Å². The van der Waals surface area contributed by atoms with E-state index in [9.17, 15) is 0 Å². The van der Waals surface area contributed by atoms with Crippen molar-refractivity contribution >= 4 is 0 Å². The number of ether oxygens (including phenoxy) is 3. The molecule has 0 radical (unpaired) electrons. The summed E-state index contributed by atoms with van der Waals surface area (Å²) >= 11 is 0. The van der Waals surface area contributed by atoms with Gasteiger partial charge in [0.05, 0.1) is 12.7 Å². The molecule has 0 bridgehead atoms. The van der Waals surface area contributed by atoms with Crippen molar-refractivity contribution in [3.8, 4) is 5.75 Å². The van der Waals surface area contributed by atoms with Crippen LogP contribution in [0.1, 0.15) is 57.9 Å². The largest absolute Gasteiger partial charge is 0.490 e. The molecule has 3 nitrogen and oxygen atoms in total. The standard InChI is InChI=1S/C20H30O3/c1-15(2)18-9-5-6-10-19(18)23-17(4)13-16(3)14-22-20-11-7-8-12-21-20/h5-6,9-10,15,17,20H,3,7-8,11-14H2,1-2,4H3. The van der Waals surface area contributed by atoms with E-state index in [0.717, 1.165) is 37.2 Å². The van der Waals surface area contributed by atoms with E-state index in [-0.39, 0.29) is 12.4 Å². The Bertz CT molecular complexity index is 489. The zero-order chi connectivity index (χ0) is 16.7. The quantitative estimate of drug-likeness (QED) is 0.627. The number of hydrogen-bond donors (Lipinski definition) is 0. The summed E-state index contributed by atoms with van der Waals surface area (Å²) in [4.78, 5) is 0. The van der Waals surface area contributed by atoms with Crippen LogP contribution < -0.4 is 4.74 Å². The van der Waals surface area contributed by atoms with Crippen molar-refractivity contribution in [1.29, 1.82) is 0 Å². The van der Waals surface area contributed by atoms with Gasteiger partial charge in [-0.05, 0) is 49.3 Å². The van der Waals surface area contributed by atoms with Crippen molar-refractivity contribution in [2.45, 2.75) is 64.8 Å². The summed E-state index contributed by atoms with van der Waals surface area (Å²) < 4.78 is 17.5. The number of hydrogen-bond acceptors (Lipinski definition) is 3. The van der Waals surface area contributed by atoms with Crippen LogP contribution in [0.25, 0.3) is 0 Å². The summed E-state index contributed by atoms with van der Waals surface area (Å²) in [5.74, 6) is 1.42. The first kappa shape index (κ1) is 18.0. The van der Waals surface area contributed by atoms with Crippen LogP contribution in [0.4, 0.5) is 0 Å². The average Bonchev–Trinajstić information content (AvgIpc) is 2.54. The van der Waals surface area contributed by atoms with Gasteiger partial charge in [-0.25, -0.2) is 0 Å². The Kier molecular flexibility index (Phi) is 7.13. The third kappa shape index (κ3) is 6.00. The molecule has 1 aliphatic heterocycles. The lowest BCUT2D eigenvalue weighted by Gasteiger charge is -2.24. The molecule has 1 aromatic rings. The summed E-state index contributed by atoms with van der Waals surface area (Å²) in [6, 6.07) is 8.25. The molecule has 2 rings (SSSR count). The minimum atomic E-state index is -0.0570. The molecule has 1 heterocycles. The molecule has 128 valence electrons. The predicted molar refractivity (Wildman–Crippen MR) is 93.9 cm³/mol. The molecular formula is C20H30O3. The highest BCUT2D eigenvalue weighted by Crippen LogP contribution is 2.27. The smallest absolute Gasteiger partial charge is 0.158 e. The monoisotopic (exact) mass is 318 g/mol. The first-order valence-electron chi connectivity index (χ1n) is 8.71. The Morgan fingerprint density at radius 2 is 2.04 bits per heavy atom. The molecule has 0 spiro atoms. The van der Waals surface area contributed by atoms with Gasteiger partial charge in [0.15, 0.2) is 6.29 Å². The third-order valence-electron chi connectivity index (χ3n) is 4.06. The lowest BCUT2D eigenvalue weighted by molar-refractivity contribution is -0.157. The average molecular weight is 318 g/mol. The van der Waals surface area contributed by atoms with E-state index >= 15 is 0 Å². The van der Waals surface area contributed by atoms with E-state index in [1.54, 1.807) is 0 Å². The lowest BCUT2D eigenvalue weighted by atomic mass is 10.0. The molecule has 2 unspecified atom stereocenters. The fourth-order valence-electron chi connectivity index (χ4n) is 2.84. The third-order valence-corrected chi connectivity index (χ3v) is 4.06. The van der Waals surface area contributed by atoms with Crippen molar-refractivity contribution in [3.05, 3.63) is 42.0 Å². The molecule has 0 N–H and O–H groups in total. The van der Waals surface area contributed by atoms with E-state index in [0.29, 0.717) is 12.5 Å². The Morgan fingerprint density at radius 3 is 2.74 bits per heavy atom. The van der Waals surface area contributed by atoms with Gasteiger partial charge in [0, 0.05) is 13.0 Å². The molecule has 2 atom stereocenters. The SMILES string of the molecule is C=C(COC1CCCCO1)CC(C)Oc1ccccc1C(C)C. The number of benzene rings is 1. The minimum Gasteiger partial charge on any atom is -0.490 e. The second-order valence-electron chi connectivity index (χ2n) is 6.68. The van der Waals surface area contributed by atoms with E-state index in [1.165, 1.54) is 12.0 Å². The van der Waals surface area contributed by atoms with Crippen molar-refractivity contribution in [2.24, 2.45) is 0 Å². The molecule has 3 heteroatoms. The molecule has 0 aromatic heterocycles. The van der Waals surface area contributed by atoms with Crippen molar-refractivity contribution in [1.82, 2.24) is 0 Å². The summed E-state index contributed by atoms with van der Waals surface area (Å²) in [7, 11) is 0. The Morgan fingerprint density at radius 1 is 1.26 bits per heavy atom. The minimum absolute atomic E-state index is 0.0570. The lowest BCUT2D eigenvalue weighted by Crippen LogP contribution is -2.24. The van der Waals surface area contributed by atoms with Crippen LogP contribution in [-0.2, 0) is 9.47 Å². The normalized spacial score (nSPS) is 19.6. The van der Waals surface area contributed by atoms with E-state index < -0.39 is 0 Å². The van der Waals surface area contributed by atoms with Crippen LogP contribution in [0.5, 0.6) is 5.75 Å². The summed E-state index contributed by atoms with van der Waals surface area (Å²) in [6.07, 6.45) is 4.13. The Labute approximate surface area is 140 Å². The molecule has 1 fully saturated rings. The molecule has 0 amide bonds. The zero-order valence-corrected chi connectivity index (χ0v) is 14.7. The maximum absolute atomic E-state index is 6.12. The van der Waals surface area contributed by atoms with Crippen molar-refractivity contribution in [2.75, 3.05) is 13.2 Å². The van der Waals surface area contributed by atoms with Crippen LogP contribution in [0.15, 0.2) is 36.4 Å². The maximum atomic E-state index is 6.12. The van der Waals surface area contributed by atoms with Gasteiger partial charge in [0.1, 0.15) is 5.75 Å². The first-order chi connectivity index (χ1) is 11.1. The Hall–Kier alpha value is -1.32. The molecular weight excluding hydrogens is 288 g/mol. The van der Waals surface area contributed by atoms with Crippen LogP contribution in [0.2, 0.25) is 0 Å². The maximum Gasteiger partial charge on any atom is 0.158 e. The predicted octanol–water partition coefficient (Wildman–Crippen LogP) is 5.07. The second kappa shape index (κ2) is 9.09. The van der Waals surface area contributed by atoms with Crippen LogP contribution in [0, 0.1) is 0 Å². The van der Waals surface area contributed by atoms with E-state index in [2.05, 4.69) is 39.5 Å². The molecule has 0 aliphatic carbocycles. The van der Waals surface area contributed by atoms with Gasteiger partial charge < -0.3 is 14.2 Å². The summed E-state index contributed by atoms with van der Waals surface area (Å²) in [5, 5.41) is 0. The van der Waals surface area contributed by atoms with Gasteiger partial charge in [-0.3, -0.25) is 0 Å². The molecule has 23 heavy (non-hydrogen) atoms. The van der Waals surface area contributed by atoms with Gasteiger partial charge in [0.25, 0.3) is 0 Å². The summed E-state index contributed by atoms with van der Waals surface area (Å²) in [6.45, 7) is 11.9. The molecule has 1 saturated heterocycles. The van der Waals surface area contributed by atoms with E-state index in [4.69, 9.17) is 14.2 Å². The van der Waals surface area contributed by atoms with Gasteiger partial charge in [-0.15, -0.1) is 0 Å². The highest BCUT2D eigenvalue weighted by Gasteiger charge is 2.16. The zero-order valence-electron chi connectivity index (χ0n) is 14.7. The number of rotatable bonds is 8. The first-order valence-corrected chi connectivity index (χ1v) is 8.71. The number of para-hydroxylation sites is 1. The second-order valence-corrected chi connectivity index (χ2v) is 6.68. The fourth-order valence-corrected chi connectivity index (χ4v) is 2.84. The highest BCUT2D eigenvalue weighted by molar-refractivity contribution is 5.35. The van der Waals surface area contributed by atoms with Gasteiger partial charge >= 0.3 is 0 Å². The highest BCUT2D eigenvalue weighted by atomic mass is 16.7. The fraction of sp³-hybridized carbons (Fsp3) is 0.600. The van der Waals surface area contributed by atoms with Crippen molar-refractivity contribution < 1.29 is 14.2 Å². The van der Waals surface area contributed by atoms with Crippen LogP contribution in [0.3, 0.4) is 0 Å². The molecule has 1 aliphatic rings. The van der Waals surface area contributed by atoms with Gasteiger partial charge in [-0.2, -0.15) is 0 Å². The van der Waals surface area contributed by atoms with E-state index in [1.807, 2.05) is 12.1 Å². The van der Waals surface area contributed by atoms with Gasteiger partial charge in [0.2, 0.25) is 0 Å².